The summed E-state index contributed by atoms with van der Waals surface area (Å²) in [4.78, 5) is 19.8. The van der Waals surface area contributed by atoms with Crippen LogP contribution in [0.3, 0.4) is 0 Å². The van der Waals surface area contributed by atoms with Gasteiger partial charge in [0, 0.05) is 13.0 Å². The van der Waals surface area contributed by atoms with Crippen molar-refractivity contribution in [3.05, 3.63) is 0 Å². The highest BCUT2D eigenvalue weighted by Crippen LogP contribution is 2.27. The van der Waals surface area contributed by atoms with E-state index in [2.05, 4.69) is 20.6 Å². The molecule has 0 bridgehead atoms. The maximum atomic E-state index is 11.6. The van der Waals surface area contributed by atoms with Gasteiger partial charge in [0.1, 0.15) is 12.3 Å². The fourth-order valence-electron chi connectivity index (χ4n) is 1.25. The zero-order valence-corrected chi connectivity index (χ0v) is 13.7. The summed E-state index contributed by atoms with van der Waals surface area (Å²) >= 11 is 0. The molecule has 0 aliphatic heterocycles. The van der Waals surface area contributed by atoms with Crippen molar-refractivity contribution in [1.29, 1.82) is 5.26 Å². The number of nitrogens with zero attached hydrogens (tertiary/aromatic N) is 3. The van der Waals surface area contributed by atoms with Gasteiger partial charge in [-0.2, -0.15) is 15.2 Å². The predicted octanol–water partition coefficient (Wildman–Crippen LogP) is 2.01. The lowest BCUT2D eigenvalue weighted by Gasteiger charge is -2.13. The third-order valence-corrected chi connectivity index (χ3v) is 2.36. The van der Waals surface area contributed by atoms with Gasteiger partial charge in [-0.3, -0.25) is 10.1 Å². The quantitative estimate of drug-likeness (QED) is 0.686. The highest BCUT2D eigenvalue weighted by atomic mass is 16.5. The van der Waals surface area contributed by atoms with Crippen LogP contribution in [0.2, 0.25) is 0 Å². The normalized spacial score (nSPS) is 9.32. The Morgan fingerprint density at radius 2 is 2.05 bits per heavy atom. The molecule has 4 N–H and O–H groups in total. The highest BCUT2D eigenvalue weighted by molar-refractivity contribution is 5.91. The first-order chi connectivity index (χ1) is 10.5. The van der Waals surface area contributed by atoms with Gasteiger partial charge in [-0.25, -0.2) is 0 Å². The smallest absolute Gasteiger partial charge is 0.244 e. The molecule has 22 heavy (non-hydrogen) atoms. The second kappa shape index (κ2) is 10.2. The summed E-state index contributed by atoms with van der Waals surface area (Å²) in [6.45, 7) is 7.68. The second-order valence-corrected chi connectivity index (χ2v) is 4.27. The van der Waals surface area contributed by atoms with E-state index in [4.69, 9.17) is 15.7 Å². The number of hydrogen-bond acceptors (Lipinski definition) is 7. The second-order valence-electron chi connectivity index (χ2n) is 4.27. The summed E-state index contributed by atoms with van der Waals surface area (Å²) in [6.07, 6.45) is 0.214. The molecule has 8 nitrogen and oxygen atoms in total. The summed E-state index contributed by atoms with van der Waals surface area (Å²) in [5.74, 6) is 0.191. The minimum absolute atomic E-state index is 0.106. The Labute approximate surface area is 131 Å². The molecule has 0 fully saturated rings. The van der Waals surface area contributed by atoms with E-state index in [9.17, 15) is 4.79 Å². The summed E-state index contributed by atoms with van der Waals surface area (Å²) in [7, 11) is 1.64. The van der Waals surface area contributed by atoms with Crippen LogP contribution in [0.25, 0.3) is 0 Å². The topological polar surface area (TPSA) is 126 Å². The Morgan fingerprint density at radius 3 is 2.55 bits per heavy atom. The molecule has 0 saturated heterocycles. The van der Waals surface area contributed by atoms with Gasteiger partial charge in [-0.05, 0) is 0 Å². The number of nitriles is 1. The van der Waals surface area contributed by atoms with E-state index in [1.807, 2.05) is 19.9 Å². The van der Waals surface area contributed by atoms with Crippen LogP contribution in [-0.2, 0) is 4.79 Å². The summed E-state index contributed by atoms with van der Waals surface area (Å²) in [6, 6.07) is 1.95. The molecule has 1 aromatic rings. The van der Waals surface area contributed by atoms with Crippen molar-refractivity contribution in [3.8, 4) is 11.9 Å². The number of nitrogens with one attached hydrogen (secondary N) is 2. The largest absolute Gasteiger partial charge is 0.475 e. The summed E-state index contributed by atoms with van der Waals surface area (Å²) in [5, 5.41) is 13.9. The number of ether oxygens (including phenoxy) is 1. The van der Waals surface area contributed by atoms with Gasteiger partial charge in [-0.1, -0.05) is 27.7 Å². The third kappa shape index (κ3) is 5.83. The lowest BCUT2D eigenvalue weighted by molar-refractivity contribution is -0.118. The number of nitrogens with two attached hydrogens (primary N) is 1. The van der Waals surface area contributed by atoms with Gasteiger partial charge in [-0.15, -0.1) is 0 Å². The molecule has 1 amide bonds. The molecule has 122 valence electrons. The molecule has 0 aliphatic carbocycles. The first kappa shape index (κ1) is 19.4. The van der Waals surface area contributed by atoms with Crippen LogP contribution < -0.4 is 21.1 Å². The van der Waals surface area contributed by atoms with Gasteiger partial charge < -0.3 is 15.8 Å². The number of nitrogen functional groups attached to an aromatic ring is 1. The molecule has 0 aromatic carbocycles. The number of amides is 1. The van der Waals surface area contributed by atoms with Crippen molar-refractivity contribution in [2.75, 3.05) is 30.0 Å². The van der Waals surface area contributed by atoms with Crippen molar-refractivity contribution >= 4 is 23.4 Å². The van der Waals surface area contributed by atoms with Gasteiger partial charge in [0.25, 0.3) is 0 Å². The van der Waals surface area contributed by atoms with E-state index < -0.39 is 0 Å². The van der Waals surface area contributed by atoms with E-state index in [1.165, 1.54) is 0 Å². The lowest BCUT2D eigenvalue weighted by Crippen LogP contribution is -2.20. The number of hydrogen-bond donors (Lipinski definition) is 3. The molecule has 0 atom stereocenters. The summed E-state index contributed by atoms with van der Waals surface area (Å²) in [5.41, 5.74) is 6.06. The molecular weight excluding hydrogens is 284 g/mol. The van der Waals surface area contributed by atoms with Gasteiger partial charge in [0.2, 0.25) is 17.7 Å². The fourth-order valence-corrected chi connectivity index (χ4v) is 1.25. The zero-order chi connectivity index (χ0) is 17.1. The van der Waals surface area contributed by atoms with Gasteiger partial charge >= 0.3 is 0 Å². The molecule has 1 aromatic heterocycles. The molecule has 1 heterocycles. The number of rotatable bonds is 6. The number of carbonyl (C=O) groups excluding carboxylic acids is 1. The van der Waals surface area contributed by atoms with Crippen LogP contribution in [0, 0.1) is 17.2 Å². The minimum atomic E-state index is -0.209. The average molecular weight is 308 g/mol. The zero-order valence-electron chi connectivity index (χ0n) is 13.7. The standard InChI is InChI=1S/C12H18N6O2.C2H6/c1-7(2)10(19)17-12-16-9(15-3)8(14)11(18-12)20-6-4-5-13;1-2/h7H,4,6,14H2,1-3H3,(H2,15,16,17,18,19);1-2H3. The van der Waals surface area contributed by atoms with Crippen LogP contribution >= 0.6 is 0 Å². The van der Waals surface area contributed by atoms with E-state index in [1.54, 1.807) is 20.9 Å². The lowest BCUT2D eigenvalue weighted by atomic mass is 10.2. The molecule has 0 radical (unpaired) electrons. The van der Waals surface area contributed by atoms with Gasteiger partial charge in [0.05, 0.1) is 12.5 Å². The van der Waals surface area contributed by atoms with Crippen molar-refractivity contribution in [1.82, 2.24) is 9.97 Å². The molecule has 0 aliphatic rings. The van der Waals surface area contributed by atoms with E-state index in [-0.39, 0.29) is 42.4 Å². The Bertz CT molecular complexity index is 525. The predicted molar refractivity (Wildman–Crippen MR) is 86.5 cm³/mol. The minimum Gasteiger partial charge on any atom is -0.475 e. The van der Waals surface area contributed by atoms with Crippen molar-refractivity contribution in [2.24, 2.45) is 5.92 Å². The Hall–Kier alpha value is -2.56. The number of anilines is 3. The van der Waals surface area contributed by atoms with Crippen LogP contribution in [-0.4, -0.2) is 29.5 Å². The average Bonchev–Trinajstić information content (AvgIpc) is 2.52. The van der Waals surface area contributed by atoms with Crippen LogP contribution in [0.4, 0.5) is 17.5 Å². The molecular formula is C14H24N6O2. The van der Waals surface area contributed by atoms with Crippen molar-refractivity contribution in [3.63, 3.8) is 0 Å². The number of aromatic nitrogens is 2. The Kier molecular flexibility index (Phi) is 9.02. The molecule has 0 saturated carbocycles. The third-order valence-electron chi connectivity index (χ3n) is 2.36. The summed E-state index contributed by atoms with van der Waals surface area (Å²) < 4.78 is 5.31. The molecule has 0 spiro atoms. The maximum absolute atomic E-state index is 11.6. The van der Waals surface area contributed by atoms with Crippen molar-refractivity contribution < 1.29 is 9.53 Å². The van der Waals surface area contributed by atoms with E-state index in [0.717, 1.165) is 0 Å². The van der Waals surface area contributed by atoms with Crippen LogP contribution in [0.5, 0.6) is 5.88 Å². The Morgan fingerprint density at radius 1 is 1.41 bits per heavy atom. The molecule has 0 unspecified atom stereocenters. The molecule has 1 rings (SSSR count). The first-order valence-electron chi connectivity index (χ1n) is 7.15. The van der Waals surface area contributed by atoms with E-state index in [0.29, 0.717) is 5.82 Å². The first-order valence-corrected chi connectivity index (χ1v) is 7.15. The fraction of sp³-hybridized carbons (Fsp3) is 0.571. The molecule has 8 heteroatoms. The monoisotopic (exact) mass is 308 g/mol. The number of carbonyl (C=O) groups is 1. The van der Waals surface area contributed by atoms with Crippen molar-refractivity contribution in [2.45, 2.75) is 34.1 Å². The maximum Gasteiger partial charge on any atom is 0.244 e. The highest BCUT2D eigenvalue weighted by Gasteiger charge is 2.15. The van der Waals surface area contributed by atoms with Crippen LogP contribution in [0.1, 0.15) is 34.1 Å². The van der Waals surface area contributed by atoms with Gasteiger partial charge in [0.15, 0.2) is 5.82 Å². The Balaban J connectivity index is 0.00000211. The van der Waals surface area contributed by atoms with E-state index >= 15 is 0 Å². The van der Waals surface area contributed by atoms with Crippen LogP contribution in [0.15, 0.2) is 0 Å². The SMILES string of the molecule is CC.CNc1nc(NC(=O)C(C)C)nc(OCCC#N)c1N.